The third-order valence-corrected chi connectivity index (χ3v) is 12.5. The van der Waals surface area contributed by atoms with E-state index in [9.17, 15) is 31.5 Å². The van der Waals surface area contributed by atoms with Crippen LogP contribution in [0.3, 0.4) is 0 Å². The second-order valence-electron chi connectivity index (χ2n) is 14.2. The zero-order chi connectivity index (χ0) is 38.9. The lowest BCUT2D eigenvalue weighted by Crippen LogP contribution is -2.47. The van der Waals surface area contributed by atoms with Crippen LogP contribution in [-0.4, -0.2) is 88.4 Å². The fraction of sp³-hybridized carbons (Fsp3) is 0.432. The molecule has 3 aromatic carbocycles. The summed E-state index contributed by atoms with van der Waals surface area (Å²) >= 11 is 0. The van der Waals surface area contributed by atoms with E-state index in [0.717, 1.165) is 43.9 Å². The van der Waals surface area contributed by atoms with E-state index in [4.69, 9.17) is 15.2 Å². The molecule has 1 heterocycles. The van der Waals surface area contributed by atoms with Gasteiger partial charge in [-0.15, -0.1) is 0 Å². The maximum Gasteiger partial charge on any atom is 0.407 e. The molecule has 0 bridgehead atoms. The Kier molecular flexibility index (Phi) is 11.5. The van der Waals surface area contributed by atoms with E-state index in [0.29, 0.717) is 23.3 Å². The number of carboxylic acids is 1. The molecule has 0 saturated carbocycles. The number of carbonyl (C=O) groups excluding carboxylic acids is 1. The number of amides is 1. The Labute approximate surface area is 310 Å². The maximum absolute atomic E-state index is 13.6. The van der Waals surface area contributed by atoms with Gasteiger partial charge in [-0.1, -0.05) is 48.5 Å². The maximum atomic E-state index is 13.6. The number of ether oxygens (including phenoxy) is 2. The Balaban J connectivity index is 1.25. The third-order valence-electron chi connectivity index (χ3n) is 9.66. The molecule has 5 N–H and O–H groups in total. The van der Waals surface area contributed by atoms with Crippen molar-refractivity contribution in [2.45, 2.75) is 76.3 Å². The van der Waals surface area contributed by atoms with E-state index in [1.54, 1.807) is 13.8 Å². The molecule has 1 aliphatic carbocycles. The van der Waals surface area contributed by atoms with Crippen molar-refractivity contribution in [2.24, 2.45) is 10.7 Å². The first kappa shape index (κ1) is 39.5. The zero-order valence-electron chi connectivity index (χ0n) is 30.7. The minimum absolute atomic E-state index is 0.0121. The molecule has 0 aromatic heterocycles. The molecular formula is C37H47N5O9S2. The highest BCUT2D eigenvalue weighted by Crippen LogP contribution is 2.45. The summed E-state index contributed by atoms with van der Waals surface area (Å²) in [7, 11) is -8.10. The van der Waals surface area contributed by atoms with Gasteiger partial charge < -0.3 is 25.6 Å². The summed E-state index contributed by atoms with van der Waals surface area (Å²) in [6.07, 6.45) is 0.995. The number of aliphatic imine (C=N–C) groups is 1. The van der Waals surface area contributed by atoms with Crippen molar-refractivity contribution in [1.82, 2.24) is 14.3 Å². The molecule has 53 heavy (non-hydrogen) atoms. The number of aliphatic carboxylic acids is 1. The molecule has 1 atom stereocenters. The van der Waals surface area contributed by atoms with Gasteiger partial charge in [0.25, 0.3) is 10.0 Å². The normalized spacial score (nSPS) is 15.6. The highest BCUT2D eigenvalue weighted by atomic mass is 32.2. The molecular weight excluding hydrogens is 723 g/mol. The quantitative estimate of drug-likeness (QED) is 0.106. The van der Waals surface area contributed by atoms with Crippen LogP contribution >= 0.6 is 0 Å². The van der Waals surface area contributed by atoms with Crippen LogP contribution in [0.5, 0.6) is 5.75 Å². The van der Waals surface area contributed by atoms with Gasteiger partial charge in [-0.25, -0.2) is 26.4 Å². The number of guanidine groups is 1. The number of hydrogen-bond donors (Lipinski definition) is 4. The van der Waals surface area contributed by atoms with Crippen LogP contribution in [0.2, 0.25) is 0 Å². The summed E-state index contributed by atoms with van der Waals surface area (Å²) < 4.78 is 66.9. The highest BCUT2D eigenvalue weighted by Gasteiger charge is 2.37. The first-order chi connectivity index (χ1) is 24.8. The van der Waals surface area contributed by atoms with E-state index in [-0.39, 0.29) is 49.3 Å². The van der Waals surface area contributed by atoms with E-state index in [2.05, 4.69) is 15.0 Å². The summed E-state index contributed by atoms with van der Waals surface area (Å²) in [5, 5.41) is 12.1. The standard InChI is InChI=1S/C37H47N5O9S2/c1-22-23(2)34(24(3)30-18-37(4,5)51-33(22)30)53(48,49)41-35(38)39-17-11-12-25(19-42(20-32(43)44)52(6,46)47)40-36(45)50-21-31-28-15-9-7-13-26(28)27-14-8-10-16-29(27)31/h7-10,13-16,25,31H,11-12,17-21H2,1-6H3,(H,40,45)(H,43,44)(H3,38,39,41)/t25-/m0/s1. The van der Waals surface area contributed by atoms with Crippen molar-refractivity contribution in [3.05, 3.63) is 81.9 Å². The van der Waals surface area contributed by atoms with Gasteiger partial charge in [0.2, 0.25) is 16.0 Å². The van der Waals surface area contributed by atoms with Crippen LogP contribution in [0.15, 0.2) is 58.4 Å². The Morgan fingerprint density at radius 3 is 2.21 bits per heavy atom. The first-order valence-electron chi connectivity index (χ1n) is 17.2. The number of carbonyl (C=O) groups is 2. The Bertz CT molecular complexity index is 2120. The largest absolute Gasteiger partial charge is 0.487 e. The molecule has 14 nitrogen and oxygen atoms in total. The average Bonchev–Trinajstić information content (AvgIpc) is 3.57. The van der Waals surface area contributed by atoms with Crippen LogP contribution in [0.1, 0.15) is 66.0 Å². The molecule has 3 aromatic rings. The number of sulfonamides is 2. The molecule has 5 rings (SSSR count). The molecule has 2 aliphatic rings. The number of benzene rings is 3. The molecule has 0 unspecified atom stereocenters. The van der Waals surface area contributed by atoms with Crippen LogP contribution < -0.4 is 20.5 Å². The lowest BCUT2D eigenvalue weighted by molar-refractivity contribution is -0.137. The minimum Gasteiger partial charge on any atom is -0.487 e. The van der Waals surface area contributed by atoms with E-state index in [1.807, 2.05) is 69.3 Å². The van der Waals surface area contributed by atoms with Crippen LogP contribution in [-0.2, 0) is 36.0 Å². The van der Waals surface area contributed by atoms with E-state index < -0.39 is 50.3 Å². The lowest BCUT2D eigenvalue weighted by Gasteiger charge is -2.25. The van der Waals surface area contributed by atoms with E-state index >= 15 is 0 Å². The second kappa shape index (κ2) is 15.4. The van der Waals surface area contributed by atoms with Gasteiger partial charge in [0, 0.05) is 37.0 Å². The molecule has 16 heteroatoms. The van der Waals surface area contributed by atoms with Crippen molar-refractivity contribution in [3.8, 4) is 16.9 Å². The monoisotopic (exact) mass is 769 g/mol. The summed E-state index contributed by atoms with van der Waals surface area (Å²) in [6.45, 7) is 8.04. The molecule has 0 saturated heterocycles. The Morgan fingerprint density at radius 2 is 1.62 bits per heavy atom. The van der Waals surface area contributed by atoms with Gasteiger partial charge in [0.15, 0.2) is 0 Å². The third kappa shape index (κ3) is 8.93. The summed E-state index contributed by atoms with van der Waals surface area (Å²) in [4.78, 5) is 28.9. The van der Waals surface area contributed by atoms with E-state index in [1.165, 1.54) is 0 Å². The number of fused-ring (bicyclic) bond motifs is 4. The summed E-state index contributed by atoms with van der Waals surface area (Å²) in [6, 6.07) is 14.8. The first-order valence-corrected chi connectivity index (χ1v) is 20.5. The van der Waals surface area contributed by atoms with Crippen molar-refractivity contribution in [3.63, 3.8) is 0 Å². The number of rotatable bonds is 14. The zero-order valence-corrected chi connectivity index (χ0v) is 32.4. The van der Waals surface area contributed by atoms with Gasteiger partial charge in [0.1, 0.15) is 24.5 Å². The smallest absolute Gasteiger partial charge is 0.407 e. The minimum atomic E-state index is -4.13. The molecule has 0 spiro atoms. The Morgan fingerprint density at radius 1 is 1.02 bits per heavy atom. The topological polar surface area (TPSA) is 207 Å². The molecule has 0 fully saturated rings. The predicted molar refractivity (Wildman–Crippen MR) is 201 cm³/mol. The van der Waals surface area contributed by atoms with Crippen molar-refractivity contribution < 1.29 is 41.0 Å². The molecule has 0 radical (unpaired) electrons. The summed E-state index contributed by atoms with van der Waals surface area (Å²) in [5.41, 5.74) is 12.4. The number of nitrogens with two attached hydrogens (primary N) is 1. The predicted octanol–water partition coefficient (Wildman–Crippen LogP) is 3.95. The van der Waals surface area contributed by atoms with Crippen molar-refractivity contribution >= 4 is 38.1 Å². The molecule has 1 aliphatic heterocycles. The fourth-order valence-corrected chi connectivity index (χ4v) is 9.46. The van der Waals surface area contributed by atoms with Gasteiger partial charge >= 0.3 is 12.1 Å². The number of nitrogens with zero attached hydrogens (tertiary/aromatic N) is 2. The molecule has 1 amide bonds. The van der Waals surface area contributed by atoms with Crippen molar-refractivity contribution in [2.75, 3.05) is 32.5 Å². The highest BCUT2D eigenvalue weighted by molar-refractivity contribution is 7.90. The number of alkyl carbamates (subject to hydrolysis) is 1. The van der Waals surface area contributed by atoms with Crippen LogP contribution in [0.25, 0.3) is 11.1 Å². The Hall–Kier alpha value is -4.67. The molecule has 286 valence electrons. The number of carboxylic acid groups (broad SMARTS) is 1. The lowest BCUT2D eigenvalue weighted by atomic mass is 9.94. The van der Waals surface area contributed by atoms with Crippen molar-refractivity contribution in [1.29, 1.82) is 0 Å². The van der Waals surface area contributed by atoms with Crippen LogP contribution in [0.4, 0.5) is 4.79 Å². The van der Waals surface area contributed by atoms with Gasteiger partial charge in [0.05, 0.1) is 11.2 Å². The van der Waals surface area contributed by atoms with Gasteiger partial charge in [-0.05, 0) is 86.4 Å². The SMILES string of the molecule is Cc1c(C)c(S(=O)(=O)NC(N)=NCCC[C@@H](CN(CC(=O)O)S(C)(=O)=O)NC(=O)OCC2c3ccccc3-c3ccccc32)c(C)c2c1OC(C)(C)C2. The average molecular weight is 770 g/mol. The fourth-order valence-electron chi connectivity index (χ4n) is 7.14. The second-order valence-corrected chi connectivity index (χ2v) is 17.8. The van der Waals surface area contributed by atoms with Gasteiger partial charge in [-0.2, -0.15) is 4.31 Å². The number of nitrogens with one attached hydrogen (secondary N) is 2. The number of hydrogen-bond acceptors (Lipinski definition) is 9. The summed E-state index contributed by atoms with van der Waals surface area (Å²) in [5.74, 6) is -1.21. The van der Waals surface area contributed by atoms with Gasteiger partial charge in [-0.3, -0.25) is 9.79 Å². The van der Waals surface area contributed by atoms with Crippen LogP contribution in [0, 0.1) is 20.8 Å².